The molecule has 148 valence electrons. The summed E-state index contributed by atoms with van der Waals surface area (Å²) in [4.78, 5) is 12.9. The Morgan fingerprint density at radius 3 is 2.14 bits per heavy atom. The van der Waals surface area contributed by atoms with Crippen LogP contribution >= 0.6 is 17.2 Å². The summed E-state index contributed by atoms with van der Waals surface area (Å²) >= 11 is -3.90. The van der Waals surface area contributed by atoms with Crippen LogP contribution in [0.1, 0.15) is 80.2 Å². The van der Waals surface area contributed by atoms with E-state index in [1.54, 1.807) is 3.00 Å². The van der Waals surface area contributed by atoms with Gasteiger partial charge in [0.15, 0.2) is 0 Å². The number of rotatable bonds is 1. The molecule has 2 aromatic carbocycles. The van der Waals surface area contributed by atoms with Crippen LogP contribution in [-0.4, -0.2) is 11.9 Å². The van der Waals surface area contributed by atoms with Crippen LogP contribution < -0.4 is 0 Å². The SMILES string of the molecule is CC(C)(C)c1ccc(C2c3ccccc3C(=O)[N]3[N]2[Hf]3([Cl])[Cl])c(C(C)(C)C)c1. The molecule has 6 heteroatoms. The average molecular weight is 584 g/mol. The van der Waals surface area contributed by atoms with Gasteiger partial charge in [-0.15, -0.1) is 0 Å². The molecule has 4 rings (SSSR count). The minimum atomic E-state index is -3.90. The van der Waals surface area contributed by atoms with Gasteiger partial charge in [0, 0.05) is 0 Å². The zero-order valence-corrected chi connectivity index (χ0v) is 22.3. The molecule has 2 unspecified atom stereocenters. The van der Waals surface area contributed by atoms with Crippen molar-refractivity contribution >= 4 is 23.1 Å². The van der Waals surface area contributed by atoms with E-state index in [1.807, 2.05) is 27.3 Å². The zero-order valence-electron chi connectivity index (χ0n) is 17.2. The minimum absolute atomic E-state index is 0.0496. The van der Waals surface area contributed by atoms with E-state index in [-0.39, 0.29) is 22.8 Å². The van der Waals surface area contributed by atoms with Gasteiger partial charge in [-0.05, 0) is 0 Å². The van der Waals surface area contributed by atoms with Crippen LogP contribution in [0.2, 0.25) is 0 Å². The third kappa shape index (κ3) is 3.12. The molecule has 2 aliphatic heterocycles. The van der Waals surface area contributed by atoms with Crippen molar-refractivity contribution in [3.63, 3.8) is 0 Å². The molecule has 0 aliphatic carbocycles. The second kappa shape index (κ2) is 6.41. The third-order valence-corrected chi connectivity index (χ3v) is 17.4. The van der Waals surface area contributed by atoms with Crippen molar-refractivity contribution in [1.29, 1.82) is 0 Å². The predicted octanol–water partition coefficient (Wildman–Crippen LogP) is 6.35. The summed E-state index contributed by atoms with van der Waals surface area (Å²) in [5, 5.41) is 0. The van der Waals surface area contributed by atoms with Crippen molar-refractivity contribution < 1.29 is 23.0 Å². The van der Waals surface area contributed by atoms with Crippen LogP contribution in [0.15, 0.2) is 42.5 Å². The molecular formula is C22H26Cl2HfN2O. The van der Waals surface area contributed by atoms with Gasteiger partial charge in [0.2, 0.25) is 0 Å². The molecule has 2 aliphatic rings. The number of nitrogens with zero attached hydrogens (tertiary/aromatic N) is 2. The molecule has 1 saturated heterocycles. The molecule has 1 amide bonds. The summed E-state index contributed by atoms with van der Waals surface area (Å²) in [6.07, 6.45) is 0. The van der Waals surface area contributed by atoms with Gasteiger partial charge in [-0.1, -0.05) is 0 Å². The molecule has 2 aromatic rings. The van der Waals surface area contributed by atoms with E-state index >= 15 is 0 Å². The number of benzene rings is 2. The van der Waals surface area contributed by atoms with Crippen molar-refractivity contribution in [2.45, 2.75) is 58.4 Å². The van der Waals surface area contributed by atoms with Crippen LogP contribution in [0.25, 0.3) is 0 Å². The predicted molar refractivity (Wildman–Crippen MR) is 112 cm³/mol. The van der Waals surface area contributed by atoms with Gasteiger partial charge in [0.05, 0.1) is 0 Å². The number of halogens is 2. The van der Waals surface area contributed by atoms with E-state index in [1.165, 1.54) is 16.7 Å². The summed E-state index contributed by atoms with van der Waals surface area (Å²) in [6.45, 7) is 13.4. The molecule has 0 N–H and O–H groups in total. The van der Waals surface area contributed by atoms with Gasteiger partial charge in [-0.2, -0.15) is 0 Å². The first-order valence-corrected chi connectivity index (χ1v) is 21.7. The second-order valence-electron chi connectivity index (χ2n) is 9.76. The summed E-state index contributed by atoms with van der Waals surface area (Å²) in [6, 6.07) is 14.5. The molecule has 0 aromatic heterocycles. The first-order chi connectivity index (χ1) is 12.8. The van der Waals surface area contributed by atoms with Gasteiger partial charge >= 0.3 is 181 Å². The van der Waals surface area contributed by atoms with Crippen molar-refractivity contribution in [2.75, 3.05) is 0 Å². The Bertz CT molecular complexity index is 975. The number of hydrazine groups is 1. The molecule has 0 bridgehead atoms. The Labute approximate surface area is 179 Å². The van der Waals surface area contributed by atoms with Crippen LogP contribution in [0, 0.1) is 0 Å². The number of carbonyl (C=O) groups excluding carboxylic acids is 1. The maximum atomic E-state index is 12.9. The van der Waals surface area contributed by atoms with E-state index in [9.17, 15) is 4.79 Å². The molecule has 3 nitrogen and oxygen atoms in total. The van der Waals surface area contributed by atoms with Gasteiger partial charge in [-0.3, -0.25) is 0 Å². The fourth-order valence-corrected chi connectivity index (χ4v) is 21.1. The molecule has 0 radical (unpaired) electrons. The maximum absolute atomic E-state index is 12.9. The Hall–Kier alpha value is -0.680. The van der Waals surface area contributed by atoms with Crippen LogP contribution in [0.5, 0.6) is 0 Å². The summed E-state index contributed by atoms with van der Waals surface area (Å²) in [7, 11) is 13.5. The Kier molecular flexibility index (Phi) is 4.71. The molecule has 1 fully saturated rings. The number of fused-ring (bicyclic) bond motifs is 2. The van der Waals surface area contributed by atoms with Crippen LogP contribution in [-0.2, 0) is 29.0 Å². The Balaban J connectivity index is 1.96. The van der Waals surface area contributed by atoms with Gasteiger partial charge in [0.25, 0.3) is 0 Å². The first kappa shape index (κ1) is 20.6. The van der Waals surface area contributed by atoms with Crippen LogP contribution in [0.4, 0.5) is 0 Å². The standard InChI is InChI=1S/C22H26N2O.2ClH.Hf/c1-21(2,3)14-11-12-17(18(13-14)22(4,5)6)19-15-9-7-8-10-16(15)20(25)24-23-19;;;/h7-13,19H,1-6H3;2*1H;/q-2;;;+4/p-2. The Morgan fingerprint density at radius 2 is 1.54 bits per heavy atom. The summed E-state index contributed by atoms with van der Waals surface area (Å²) < 4.78 is 3.68. The van der Waals surface area contributed by atoms with Gasteiger partial charge < -0.3 is 0 Å². The quantitative estimate of drug-likeness (QED) is 0.289. The molecule has 2 atom stereocenters. The normalized spacial score (nSPS) is 23.3. The van der Waals surface area contributed by atoms with Crippen molar-refractivity contribution in [3.8, 4) is 0 Å². The van der Waals surface area contributed by atoms with E-state index in [0.717, 1.165) is 5.56 Å². The fraction of sp³-hybridized carbons (Fsp3) is 0.409. The van der Waals surface area contributed by atoms with Crippen molar-refractivity contribution in [2.24, 2.45) is 0 Å². The van der Waals surface area contributed by atoms with Crippen LogP contribution in [0.3, 0.4) is 0 Å². The molecule has 0 spiro atoms. The zero-order chi connectivity index (χ0) is 20.6. The summed E-state index contributed by atoms with van der Waals surface area (Å²) in [5.41, 5.74) is 5.50. The van der Waals surface area contributed by atoms with E-state index in [0.29, 0.717) is 5.56 Å². The molecule has 0 saturated carbocycles. The number of amides is 1. The van der Waals surface area contributed by atoms with Crippen molar-refractivity contribution in [3.05, 3.63) is 70.3 Å². The molecular weight excluding hydrogens is 558 g/mol. The number of hydrogen-bond donors (Lipinski definition) is 0. The number of carbonyl (C=O) groups is 1. The second-order valence-corrected chi connectivity index (χ2v) is 26.8. The molecule has 28 heavy (non-hydrogen) atoms. The Morgan fingerprint density at radius 1 is 0.893 bits per heavy atom. The van der Waals surface area contributed by atoms with E-state index < -0.39 is 18.2 Å². The van der Waals surface area contributed by atoms with Gasteiger partial charge in [0.1, 0.15) is 0 Å². The third-order valence-electron chi connectivity index (χ3n) is 5.65. The van der Waals surface area contributed by atoms with Crippen molar-refractivity contribution in [1.82, 2.24) is 5.99 Å². The fourth-order valence-electron chi connectivity index (χ4n) is 4.07. The molecule has 2 heterocycles. The van der Waals surface area contributed by atoms with Gasteiger partial charge in [-0.25, -0.2) is 0 Å². The average Bonchev–Trinajstić information content (AvgIpc) is 3.16. The first-order valence-electron chi connectivity index (χ1n) is 9.60. The summed E-state index contributed by atoms with van der Waals surface area (Å²) in [5.74, 6) is -0.0536. The van der Waals surface area contributed by atoms with E-state index in [4.69, 9.17) is 17.2 Å². The van der Waals surface area contributed by atoms with E-state index in [2.05, 4.69) is 59.7 Å². The monoisotopic (exact) mass is 584 g/mol. The topological polar surface area (TPSA) is 23.1 Å². The number of hydrogen-bond acceptors (Lipinski definition) is 2.